The van der Waals surface area contributed by atoms with Crippen molar-refractivity contribution in [2.75, 3.05) is 0 Å². The Morgan fingerprint density at radius 1 is 1.00 bits per heavy atom. The number of hydrogen-bond donors (Lipinski definition) is 0. The molecule has 0 nitrogen and oxygen atoms in total. The molecule has 1 unspecified atom stereocenters. The molecule has 0 aromatic rings. The molecule has 0 aliphatic carbocycles. The number of hydrogen-bond acceptors (Lipinski definition) is 0. The minimum atomic E-state index is 0. The van der Waals surface area contributed by atoms with Gasteiger partial charge in [-0.1, -0.05) is 7.43 Å². The van der Waals surface area contributed by atoms with Crippen LogP contribution in [0.4, 0.5) is 0 Å². The minimum absolute atomic E-state index is 0. The van der Waals surface area contributed by atoms with E-state index in [1.165, 1.54) is 0 Å². The summed E-state index contributed by atoms with van der Waals surface area (Å²) in [6.07, 6.45) is 0. The van der Waals surface area contributed by atoms with Crippen molar-refractivity contribution in [1.82, 2.24) is 0 Å². The summed E-state index contributed by atoms with van der Waals surface area (Å²) in [5.41, 5.74) is 0. The summed E-state index contributed by atoms with van der Waals surface area (Å²) in [6.45, 7) is 0. The van der Waals surface area contributed by atoms with Crippen LogP contribution in [-0.2, 0) is 38.8 Å². The van der Waals surface area contributed by atoms with E-state index in [0.29, 0.717) is 0 Å². The molecule has 0 spiro atoms. The zero-order chi connectivity index (χ0) is 0. The normalized spacial score (nSPS) is 0. The molecule has 0 aromatic heterocycles. The molecule has 0 heterocycles. The van der Waals surface area contributed by atoms with Gasteiger partial charge in [0.15, 0.2) is 0 Å². The van der Waals surface area contributed by atoms with E-state index in [2.05, 4.69) is 0 Å². The van der Waals surface area contributed by atoms with Gasteiger partial charge in [0.05, 0.1) is 0 Å². The third-order valence-electron chi connectivity index (χ3n) is 0. The Morgan fingerprint density at radius 3 is 1.00 bits per heavy atom. The second-order valence-corrected chi connectivity index (χ2v) is 0. The topological polar surface area (TPSA) is 0 Å². The van der Waals surface area contributed by atoms with Gasteiger partial charge in [-0.3, -0.25) is 0 Å². The molecular formula is CH9MnPSSiTi. The van der Waals surface area contributed by atoms with Gasteiger partial charge in [0.1, 0.15) is 0 Å². The largest absolute Gasteiger partial charge is 0.197 e. The van der Waals surface area contributed by atoms with Gasteiger partial charge in [0.25, 0.3) is 0 Å². The van der Waals surface area contributed by atoms with Crippen molar-refractivity contribution in [1.29, 1.82) is 0 Å². The van der Waals surface area contributed by atoms with Crippen LogP contribution in [0.25, 0.3) is 0 Å². The SMILES string of the molecule is C.P.S.[Mn].[Si].[Ti]. The molecular weight excluding hydrogens is 206 g/mol. The van der Waals surface area contributed by atoms with Crippen LogP contribution in [0.3, 0.4) is 0 Å². The molecule has 6 heavy (non-hydrogen) atoms. The summed E-state index contributed by atoms with van der Waals surface area (Å²) in [4.78, 5) is 0. The van der Waals surface area contributed by atoms with E-state index in [1.807, 2.05) is 0 Å². The van der Waals surface area contributed by atoms with E-state index < -0.39 is 0 Å². The fourth-order valence-electron chi connectivity index (χ4n) is 0. The van der Waals surface area contributed by atoms with Crippen molar-refractivity contribution in [2.24, 2.45) is 0 Å². The monoisotopic (exact) mass is 215 g/mol. The number of rotatable bonds is 0. The first kappa shape index (κ1) is 86.5. The van der Waals surface area contributed by atoms with Crippen molar-refractivity contribution >= 4 is 34.4 Å². The molecule has 0 aromatic carbocycles. The Morgan fingerprint density at radius 2 is 1.00 bits per heavy atom. The fourth-order valence-corrected chi connectivity index (χ4v) is 0. The van der Waals surface area contributed by atoms with Crippen LogP contribution in [0.15, 0.2) is 0 Å². The molecule has 1 atom stereocenters. The van der Waals surface area contributed by atoms with Gasteiger partial charge in [0, 0.05) is 49.8 Å². The van der Waals surface area contributed by atoms with Crippen molar-refractivity contribution in [3.05, 3.63) is 0 Å². The molecule has 0 fully saturated rings. The van der Waals surface area contributed by atoms with Crippen LogP contribution in [0.2, 0.25) is 0 Å². The molecule has 39 valence electrons. The van der Waals surface area contributed by atoms with Gasteiger partial charge < -0.3 is 0 Å². The van der Waals surface area contributed by atoms with E-state index >= 15 is 0 Å². The molecule has 0 saturated carbocycles. The molecule has 0 aliphatic rings. The average molecular weight is 215 g/mol. The third kappa shape index (κ3) is 34.3. The standard InChI is InChI=1S/CH4.Mn.H3P.H2S.Si.Ti/h1H4;;1H3;1H2;;. The maximum Gasteiger partial charge on any atom is 0 e. The maximum atomic E-state index is 0. The predicted molar refractivity (Wildman–Crippen MR) is 34.0 cm³/mol. The third-order valence-corrected chi connectivity index (χ3v) is 0. The predicted octanol–water partition coefficient (Wildman–Crippen LogP) is 0.421. The van der Waals surface area contributed by atoms with Crippen molar-refractivity contribution in [2.45, 2.75) is 7.43 Å². The first-order chi connectivity index (χ1) is 0. The summed E-state index contributed by atoms with van der Waals surface area (Å²) in [7, 11) is 0. The van der Waals surface area contributed by atoms with E-state index in [0.717, 1.165) is 0 Å². The zero-order valence-corrected chi connectivity index (χ0v) is 8.74. The van der Waals surface area contributed by atoms with Gasteiger partial charge in [-0.25, -0.2) is 0 Å². The maximum absolute atomic E-state index is 0. The van der Waals surface area contributed by atoms with E-state index in [1.54, 1.807) is 0 Å². The smallest absolute Gasteiger partial charge is 0 e. The van der Waals surface area contributed by atoms with Crippen molar-refractivity contribution < 1.29 is 38.8 Å². The van der Waals surface area contributed by atoms with Gasteiger partial charge >= 0.3 is 0 Å². The summed E-state index contributed by atoms with van der Waals surface area (Å²) < 4.78 is 0. The molecule has 0 N–H and O–H groups in total. The Kier molecular flexibility index (Phi) is 813. The van der Waals surface area contributed by atoms with Crippen LogP contribution in [0, 0.1) is 0 Å². The summed E-state index contributed by atoms with van der Waals surface area (Å²) in [5.74, 6) is 0. The Bertz CT molecular complexity index is 15.5. The van der Waals surface area contributed by atoms with Gasteiger partial charge in [0.2, 0.25) is 0 Å². The van der Waals surface area contributed by atoms with Crippen LogP contribution in [-0.4, -0.2) is 11.0 Å². The van der Waals surface area contributed by atoms with Crippen LogP contribution >= 0.6 is 23.4 Å². The molecule has 0 bridgehead atoms. The van der Waals surface area contributed by atoms with Gasteiger partial charge in [-0.2, -0.15) is 23.4 Å². The molecule has 5 radical (unpaired) electrons. The summed E-state index contributed by atoms with van der Waals surface area (Å²) in [6, 6.07) is 0. The zero-order valence-electron chi connectivity index (χ0n) is 2.59. The second kappa shape index (κ2) is 56.4. The van der Waals surface area contributed by atoms with E-state index in [4.69, 9.17) is 0 Å². The molecule has 5 heteroatoms. The fraction of sp³-hybridized carbons (Fsp3) is 1.00. The second-order valence-electron chi connectivity index (χ2n) is 0. The average Bonchev–Trinajstić information content (AvgIpc) is 0. The quantitative estimate of drug-likeness (QED) is 0.405. The van der Waals surface area contributed by atoms with Gasteiger partial charge in [-0.15, -0.1) is 0 Å². The summed E-state index contributed by atoms with van der Waals surface area (Å²) >= 11 is 0. The molecule has 0 amide bonds. The Labute approximate surface area is 80.1 Å². The van der Waals surface area contributed by atoms with Crippen LogP contribution in [0.1, 0.15) is 7.43 Å². The molecule has 0 saturated heterocycles. The van der Waals surface area contributed by atoms with E-state index in [9.17, 15) is 0 Å². The van der Waals surface area contributed by atoms with Crippen LogP contribution < -0.4 is 0 Å². The first-order valence-electron chi connectivity index (χ1n) is 0. The molecule has 0 rings (SSSR count). The Hall–Kier alpha value is 2.23. The minimum Gasteiger partial charge on any atom is -0.197 e. The first-order valence-corrected chi connectivity index (χ1v) is 0. The van der Waals surface area contributed by atoms with Gasteiger partial charge in [-0.05, 0) is 0 Å². The van der Waals surface area contributed by atoms with Crippen molar-refractivity contribution in [3.63, 3.8) is 0 Å². The molecule has 0 aliphatic heterocycles. The summed E-state index contributed by atoms with van der Waals surface area (Å²) in [5, 5.41) is 0. The van der Waals surface area contributed by atoms with Crippen LogP contribution in [0.5, 0.6) is 0 Å². The van der Waals surface area contributed by atoms with E-state index in [-0.39, 0.29) is 80.6 Å². The Balaban J connectivity index is 0. The van der Waals surface area contributed by atoms with Crippen molar-refractivity contribution in [3.8, 4) is 0 Å².